The molecule has 0 aliphatic heterocycles. The molecule has 0 amide bonds. The van der Waals surface area contributed by atoms with Crippen LogP contribution in [0.4, 0.5) is 5.82 Å². The summed E-state index contributed by atoms with van der Waals surface area (Å²) < 4.78 is 8.03. The van der Waals surface area contributed by atoms with Crippen molar-refractivity contribution in [2.75, 3.05) is 12.8 Å². The highest BCUT2D eigenvalue weighted by Gasteiger charge is 2.18. The molecular formula is C10H14N6O2. The smallest absolute Gasteiger partial charge is 0.360 e. The highest BCUT2D eigenvalue weighted by atomic mass is 16.5. The van der Waals surface area contributed by atoms with Crippen LogP contribution in [0, 0.1) is 6.92 Å². The standard InChI is InChI=1S/C10H14N6O2/c1-7-13-8(10(17)18-2)9(11)16(7)6-5-15-4-3-12-14-15/h3-4H,5-6,11H2,1-2H3. The molecule has 0 aliphatic rings. The molecule has 0 spiro atoms. The Kier molecular flexibility index (Phi) is 3.26. The molecule has 2 aromatic heterocycles. The van der Waals surface area contributed by atoms with Gasteiger partial charge in [-0.3, -0.25) is 4.68 Å². The van der Waals surface area contributed by atoms with Gasteiger partial charge in [0, 0.05) is 12.7 Å². The second-order valence-corrected chi connectivity index (χ2v) is 3.70. The number of carbonyl (C=O) groups is 1. The second-order valence-electron chi connectivity index (χ2n) is 3.70. The van der Waals surface area contributed by atoms with Gasteiger partial charge >= 0.3 is 5.97 Å². The van der Waals surface area contributed by atoms with Crippen LogP contribution in [0.2, 0.25) is 0 Å². The van der Waals surface area contributed by atoms with Gasteiger partial charge in [0.25, 0.3) is 0 Å². The van der Waals surface area contributed by atoms with E-state index in [1.165, 1.54) is 7.11 Å². The maximum absolute atomic E-state index is 11.4. The monoisotopic (exact) mass is 250 g/mol. The van der Waals surface area contributed by atoms with Gasteiger partial charge in [-0.25, -0.2) is 9.78 Å². The van der Waals surface area contributed by atoms with Gasteiger partial charge in [-0.1, -0.05) is 5.21 Å². The van der Waals surface area contributed by atoms with E-state index in [0.29, 0.717) is 24.7 Å². The number of ether oxygens (including phenoxy) is 1. The number of nitrogens with two attached hydrogens (primary N) is 1. The molecular weight excluding hydrogens is 236 g/mol. The average molecular weight is 250 g/mol. The van der Waals surface area contributed by atoms with Crippen molar-refractivity contribution < 1.29 is 9.53 Å². The number of imidazole rings is 1. The summed E-state index contributed by atoms with van der Waals surface area (Å²) in [5.41, 5.74) is 6.02. The van der Waals surface area contributed by atoms with Crippen LogP contribution in [0.1, 0.15) is 16.3 Å². The summed E-state index contributed by atoms with van der Waals surface area (Å²) >= 11 is 0. The lowest BCUT2D eigenvalue weighted by Crippen LogP contribution is -2.13. The van der Waals surface area contributed by atoms with Gasteiger partial charge in [-0.15, -0.1) is 5.10 Å². The predicted octanol–water partition coefficient (Wildman–Crippen LogP) is -0.148. The predicted molar refractivity (Wildman–Crippen MR) is 62.7 cm³/mol. The molecule has 8 nitrogen and oxygen atoms in total. The Morgan fingerprint density at radius 3 is 2.89 bits per heavy atom. The summed E-state index contributed by atoms with van der Waals surface area (Å²) in [6.07, 6.45) is 3.35. The average Bonchev–Trinajstić information content (AvgIpc) is 2.96. The number of carbonyl (C=O) groups excluding carboxylic acids is 1. The normalized spacial score (nSPS) is 10.6. The first kappa shape index (κ1) is 12.1. The van der Waals surface area contributed by atoms with Crippen LogP contribution < -0.4 is 5.73 Å². The molecule has 2 heterocycles. The van der Waals surface area contributed by atoms with Gasteiger partial charge in [0.1, 0.15) is 11.6 Å². The molecule has 18 heavy (non-hydrogen) atoms. The summed E-state index contributed by atoms with van der Waals surface area (Å²) in [5.74, 6) is 0.433. The molecule has 2 N–H and O–H groups in total. The van der Waals surface area contributed by atoms with Crippen LogP contribution in [0.15, 0.2) is 12.4 Å². The lowest BCUT2D eigenvalue weighted by molar-refractivity contribution is 0.0595. The first-order valence-corrected chi connectivity index (χ1v) is 5.38. The molecule has 0 radical (unpaired) electrons. The fourth-order valence-corrected chi connectivity index (χ4v) is 1.67. The van der Waals surface area contributed by atoms with E-state index in [1.807, 2.05) is 0 Å². The lowest BCUT2D eigenvalue weighted by atomic mass is 10.4. The Hall–Kier alpha value is -2.38. The highest BCUT2D eigenvalue weighted by Crippen LogP contribution is 2.15. The molecule has 0 aliphatic carbocycles. The first-order chi connectivity index (χ1) is 8.63. The Bertz CT molecular complexity index is 545. The van der Waals surface area contributed by atoms with E-state index in [-0.39, 0.29) is 5.69 Å². The van der Waals surface area contributed by atoms with Gasteiger partial charge < -0.3 is 15.0 Å². The van der Waals surface area contributed by atoms with Gasteiger partial charge in [0.05, 0.1) is 19.9 Å². The number of nitrogen functional groups attached to an aromatic ring is 1. The number of aryl methyl sites for hydroxylation is 2. The third-order valence-corrected chi connectivity index (χ3v) is 2.60. The van der Waals surface area contributed by atoms with E-state index >= 15 is 0 Å². The zero-order valence-electron chi connectivity index (χ0n) is 10.2. The molecule has 8 heteroatoms. The van der Waals surface area contributed by atoms with E-state index in [1.54, 1.807) is 28.6 Å². The molecule has 96 valence electrons. The summed E-state index contributed by atoms with van der Waals surface area (Å²) in [6.45, 7) is 2.94. The van der Waals surface area contributed by atoms with Crippen molar-refractivity contribution in [1.29, 1.82) is 0 Å². The summed E-state index contributed by atoms with van der Waals surface area (Å²) in [7, 11) is 1.30. The highest BCUT2D eigenvalue weighted by molar-refractivity contribution is 5.92. The van der Waals surface area contributed by atoms with Crippen molar-refractivity contribution in [3.63, 3.8) is 0 Å². The van der Waals surface area contributed by atoms with Crippen molar-refractivity contribution in [2.24, 2.45) is 0 Å². The Morgan fingerprint density at radius 2 is 2.28 bits per heavy atom. The van der Waals surface area contributed by atoms with Crippen molar-refractivity contribution in [1.82, 2.24) is 24.5 Å². The minimum absolute atomic E-state index is 0.147. The molecule has 0 saturated carbocycles. The number of nitrogens with zero attached hydrogens (tertiary/aromatic N) is 5. The van der Waals surface area contributed by atoms with Crippen LogP contribution in [0.3, 0.4) is 0 Å². The number of esters is 1. The first-order valence-electron chi connectivity index (χ1n) is 5.38. The van der Waals surface area contributed by atoms with Crippen LogP contribution >= 0.6 is 0 Å². The Balaban J connectivity index is 2.18. The second kappa shape index (κ2) is 4.86. The van der Waals surface area contributed by atoms with E-state index in [9.17, 15) is 4.79 Å². The van der Waals surface area contributed by atoms with Crippen LogP contribution in [-0.4, -0.2) is 37.6 Å². The number of methoxy groups -OCH3 is 1. The molecule has 0 aromatic carbocycles. The number of aromatic nitrogens is 5. The van der Waals surface area contributed by atoms with Gasteiger partial charge in [0.2, 0.25) is 0 Å². The molecule has 2 rings (SSSR count). The molecule has 0 fully saturated rings. The molecule has 0 bridgehead atoms. The number of anilines is 1. The van der Waals surface area contributed by atoms with Crippen LogP contribution in [0.25, 0.3) is 0 Å². The number of rotatable bonds is 4. The zero-order valence-corrected chi connectivity index (χ0v) is 10.2. The Labute approximate surface area is 103 Å². The number of hydrogen-bond acceptors (Lipinski definition) is 6. The molecule has 0 atom stereocenters. The van der Waals surface area contributed by atoms with Gasteiger partial charge in [-0.2, -0.15) is 0 Å². The molecule has 0 unspecified atom stereocenters. The summed E-state index contributed by atoms with van der Waals surface area (Å²) in [4.78, 5) is 15.5. The molecule has 2 aromatic rings. The van der Waals surface area contributed by atoms with Gasteiger partial charge in [-0.05, 0) is 6.92 Å². The third kappa shape index (κ3) is 2.17. The fraction of sp³-hybridized carbons (Fsp3) is 0.400. The maximum Gasteiger partial charge on any atom is 0.360 e. The van der Waals surface area contributed by atoms with Crippen LogP contribution in [0.5, 0.6) is 0 Å². The SMILES string of the molecule is COC(=O)c1nc(C)n(CCn2ccnn2)c1N. The number of hydrogen-bond donors (Lipinski definition) is 1. The van der Waals surface area contributed by atoms with E-state index in [4.69, 9.17) is 5.73 Å². The summed E-state index contributed by atoms with van der Waals surface area (Å²) in [6, 6.07) is 0. The van der Waals surface area contributed by atoms with Crippen LogP contribution in [-0.2, 0) is 17.8 Å². The summed E-state index contributed by atoms with van der Waals surface area (Å²) in [5, 5.41) is 7.56. The van der Waals surface area contributed by atoms with Crippen molar-refractivity contribution in [3.8, 4) is 0 Å². The Morgan fingerprint density at radius 1 is 1.50 bits per heavy atom. The largest absolute Gasteiger partial charge is 0.464 e. The van der Waals surface area contributed by atoms with Crippen molar-refractivity contribution >= 4 is 11.8 Å². The third-order valence-electron chi connectivity index (χ3n) is 2.60. The van der Waals surface area contributed by atoms with Crippen molar-refractivity contribution in [2.45, 2.75) is 20.0 Å². The quantitative estimate of drug-likeness (QED) is 0.757. The topological polar surface area (TPSA) is 101 Å². The van der Waals surface area contributed by atoms with Gasteiger partial charge in [0.15, 0.2) is 5.69 Å². The molecule has 0 saturated heterocycles. The zero-order chi connectivity index (χ0) is 13.1. The maximum atomic E-state index is 11.4. The van der Waals surface area contributed by atoms with E-state index in [2.05, 4.69) is 20.0 Å². The minimum atomic E-state index is -0.532. The van der Waals surface area contributed by atoms with Crippen molar-refractivity contribution in [3.05, 3.63) is 23.9 Å². The lowest BCUT2D eigenvalue weighted by Gasteiger charge is -2.07. The fourth-order valence-electron chi connectivity index (χ4n) is 1.67. The van der Waals surface area contributed by atoms with E-state index in [0.717, 1.165) is 0 Å². The van der Waals surface area contributed by atoms with E-state index < -0.39 is 5.97 Å². The minimum Gasteiger partial charge on any atom is -0.464 e.